The minimum absolute atomic E-state index is 0.0839. The first-order valence-corrected chi connectivity index (χ1v) is 7.30. The second kappa shape index (κ2) is 6.78. The molecule has 0 atom stereocenters. The molecule has 18 heavy (non-hydrogen) atoms. The number of carbonyl (C=O) groups excluding carboxylic acids is 1. The molecular weight excluding hydrogens is 224 g/mol. The van der Waals surface area contributed by atoms with Gasteiger partial charge in [0.25, 0.3) is 0 Å². The van der Waals surface area contributed by atoms with Crippen LogP contribution in [0.15, 0.2) is 0 Å². The van der Waals surface area contributed by atoms with Gasteiger partial charge in [-0.2, -0.15) is 5.26 Å². The molecule has 0 bridgehead atoms. The first-order valence-electron chi connectivity index (χ1n) is 7.30. The maximum atomic E-state index is 12.6. The molecule has 0 radical (unpaired) electrons. The maximum Gasteiger partial charge on any atom is 0.243 e. The van der Waals surface area contributed by atoms with Crippen molar-refractivity contribution in [1.82, 2.24) is 4.90 Å². The third-order valence-electron chi connectivity index (χ3n) is 4.05. The van der Waals surface area contributed by atoms with Crippen molar-refractivity contribution >= 4 is 5.91 Å². The number of hydrogen-bond acceptors (Lipinski definition) is 2. The second-order valence-corrected chi connectivity index (χ2v) is 5.67. The van der Waals surface area contributed by atoms with E-state index in [1.165, 1.54) is 0 Å². The van der Waals surface area contributed by atoms with Gasteiger partial charge in [-0.3, -0.25) is 4.79 Å². The molecule has 0 spiro atoms. The summed E-state index contributed by atoms with van der Waals surface area (Å²) < 4.78 is 0. The third kappa shape index (κ3) is 3.25. The van der Waals surface area contributed by atoms with Gasteiger partial charge in [0, 0.05) is 13.1 Å². The molecule has 1 heterocycles. The predicted molar refractivity (Wildman–Crippen MR) is 72.8 cm³/mol. The van der Waals surface area contributed by atoms with Crippen molar-refractivity contribution in [1.29, 1.82) is 5.26 Å². The fourth-order valence-corrected chi connectivity index (χ4v) is 2.87. The lowest BCUT2D eigenvalue weighted by molar-refractivity contribution is -0.141. The summed E-state index contributed by atoms with van der Waals surface area (Å²) in [7, 11) is 0. The summed E-state index contributed by atoms with van der Waals surface area (Å²) in [6, 6.07) is 2.33. The van der Waals surface area contributed by atoms with Gasteiger partial charge in [0.15, 0.2) is 0 Å². The second-order valence-electron chi connectivity index (χ2n) is 5.67. The molecule has 3 nitrogen and oxygen atoms in total. The molecule has 1 rings (SSSR count). The van der Waals surface area contributed by atoms with Gasteiger partial charge >= 0.3 is 0 Å². The van der Waals surface area contributed by atoms with Crippen LogP contribution in [0.4, 0.5) is 0 Å². The highest BCUT2D eigenvalue weighted by atomic mass is 16.2. The number of piperidine rings is 1. The highest BCUT2D eigenvalue weighted by Crippen LogP contribution is 2.33. The van der Waals surface area contributed by atoms with Crippen molar-refractivity contribution in [2.24, 2.45) is 11.3 Å². The zero-order valence-corrected chi connectivity index (χ0v) is 12.0. The van der Waals surface area contributed by atoms with Gasteiger partial charge < -0.3 is 4.90 Å². The van der Waals surface area contributed by atoms with Gasteiger partial charge in [0.1, 0.15) is 5.41 Å². The quantitative estimate of drug-likeness (QED) is 0.751. The molecule has 1 fully saturated rings. The van der Waals surface area contributed by atoms with Gasteiger partial charge in [0.05, 0.1) is 6.07 Å². The number of nitrogens with zero attached hydrogens (tertiary/aromatic N) is 2. The molecule has 1 aliphatic rings. The summed E-state index contributed by atoms with van der Waals surface area (Å²) in [5.74, 6) is 0.795. The molecule has 0 aromatic carbocycles. The number of amides is 1. The lowest BCUT2D eigenvalue weighted by Crippen LogP contribution is -2.46. The van der Waals surface area contributed by atoms with Crippen molar-refractivity contribution in [2.75, 3.05) is 13.1 Å². The number of nitriles is 1. The average Bonchev–Trinajstić information content (AvgIpc) is 2.38. The fraction of sp³-hybridized carbons (Fsp3) is 0.867. The van der Waals surface area contributed by atoms with Gasteiger partial charge in [-0.15, -0.1) is 0 Å². The summed E-state index contributed by atoms with van der Waals surface area (Å²) in [5.41, 5.74) is -0.760. The molecule has 3 heteroatoms. The normalized spacial score (nSPS) is 17.6. The van der Waals surface area contributed by atoms with Gasteiger partial charge in [-0.25, -0.2) is 0 Å². The zero-order valence-electron chi connectivity index (χ0n) is 12.0. The molecule has 1 amide bonds. The minimum atomic E-state index is -0.760. The van der Waals surface area contributed by atoms with Crippen molar-refractivity contribution < 1.29 is 4.79 Å². The van der Waals surface area contributed by atoms with E-state index in [1.54, 1.807) is 0 Å². The van der Waals surface area contributed by atoms with Crippen LogP contribution < -0.4 is 0 Å². The first-order chi connectivity index (χ1) is 8.59. The van der Waals surface area contributed by atoms with Gasteiger partial charge in [0.2, 0.25) is 5.91 Å². The molecule has 1 aliphatic heterocycles. The Morgan fingerprint density at radius 2 is 1.78 bits per heavy atom. The van der Waals surface area contributed by atoms with E-state index in [9.17, 15) is 10.1 Å². The van der Waals surface area contributed by atoms with E-state index >= 15 is 0 Å². The summed E-state index contributed by atoms with van der Waals surface area (Å²) in [6.07, 6.45) is 5.33. The van der Waals surface area contributed by atoms with E-state index < -0.39 is 5.41 Å². The monoisotopic (exact) mass is 250 g/mol. The first kappa shape index (κ1) is 15.0. The summed E-state index contributed by atoms with van der Waals surface area (Å²) in [5, 5.41) is 9.49. The Bertz CT molecular complexity index is 305. The largest absolute Gasteiger partial charge is 0.341 e. The Balaban J connectivity index is 2.79. The Morgan fingerprint density at radius 1 is 1.28 bits per heavy atom. The molecule has 0 aliphatic carbocycles. The Labute approximate surface area is 111 Å². The van der Waals surface area contributed by atoms with Crippen LogP contribution in [0.1, 0.15) is 59.3 Å². The van der Waals surface area contributed by atoms with E-state index in [2.05, 4.69) is 13.0 Å². The van der Waals surface area contributed by atoms with E-state index in [4.69, 9.17) is 0 Å². The molecule has 1 saturated heterocycles. The number of hydrogen-bond donors (Lipinski definition) is 0. The lowest BCUT2D eigenvalue weighted by Gasteiger charge is -2.36. The smallest absolute Gasteiger partial charge is 0.243 e. The Hall–Kier alpha value is -1.04. The van der Waals surface area contributed by atoms with E-state index in [1.807, 2.05) is 18.7 Å². The van der Waals surface area contributed by atoms with Crippen molar-refractivity contribution in [3.63, 3.8) is 0 Å². The molecule has 0 N–H and O–H groups in total. The minimum Gasteiger partial charge on any atom is -0.341 e. The van der Waals surface area contributed by atoms with E-state index in [0.717, 1.165) is 38.8 Å². The zero-order chi connectivity index (χ0) is 13.6. The summed E-state index contributed by atoms with van der Waals surface area (Å²) >= 11 is 0. The topological polar surface area (TPSA) is 44.1 Å². The fourth-order valence-electron chi connectivity index (χ4n) is 2.87. The summed E-state index contributed by atoms with van der Waals surface area (Å²) in [6.45, 7) is 7.99. The van der Waals surface area contributed by atoms with Gasteiger partial charge in [-0.05, 0) is 31.6 Å². The number of carbonyl (C=O) groups is 1. The molecule has 0 aromatic rings. The van der Waals surface area contributed by atoms with Crippen LogP contribution in [0, 0.1) is 22.7 Å². The van der Waals surface area contributed by atoms with Crippen LogP contribution in [0.2, 0.25) is 0 Å². The maximum absolute atomic E-state index is 12.6. The molecule has 0 unspecified atom stereocenters. The Morgan fingerprint density at radius 3 is 2.17 bits per heavy atom. The van der Waals surface area contributed by atoms with Crippen molar-refractivity contribution in [2.45, 2.75) is 59.3 Å². The average molecular weight is 250 g/mol. The standard InChI is InChI=1S/C15H26N2O/c1-4-8-15(12-16,9-5-2)14(18)17-10-6-13(3)7-11-17/h13H,4-11H2,1-3H3. The Kier molecular flexibility index (Phi) is 5.65. The van der Waals surface area contributed by atoms with Crippen LogP contribution in [-0.4, -0.2) is 23.9 Å². The molecule has 0 aromatic heterocycles. The molecule has 0 saturated carbocycles. The van der Waals surface area contributed by atoms with Crippen LogP contribution >= 0.6 is 0 Å². The van der Waals surface area contributed by atoms with Crippen LogP contribution in [-0.2, 0) is 4.79 Å². The SMILES string of the molecule is CCCC(C#N)(CCC)C(=O)N1CCC(C)CC1. The van der Waals surface area contributed by atoms with Crippen molar-refractivity contribution in [3.05, 3.63) is 0 Å². The van der Waals surface area contributed by atoms with Crippen LogP contribution in [0.3, 0.4) is 0 Å². The van der Waals surface area contributed by atoms with Crippen LogP contribution in [0.5, 0.6) is 0 Å². The summed E-state index contributed by atoms with van der Waals surface area (Å²) in [4.78, 5) is 14.6. The molecular formula is C15H26N2O. The van der Waals surface area contributed by atoms with E-state index in [0.29, 0.717) is 18.8 Å². The third-order valence-corrected chi connectivity index (χ3v) is 4.05. The lowest BCUT2D eigenvalue weighted by atomic mass is 9.78. The van der Waals surface area contributed by atoms with Gasteiger partial charge in [-0.1, -0.05) is 33.6 Å². The van der Waals surface area contributed by atoms with E-state index in [-0.39, 0.29) is 5.91 Å². The predicted octanol–water partition coefficient (Wildman–Crippen LogP) is 3.36. The van der Waals surface area contributed by atoms with Crippen molar-refractivity contribution in [3.8, 4) is 6.07 Å². The molecule has 102 valence electrons. The number of rotatable bonds is 5. The highest BCUT2D eigenvalue weighted by molar-refractivity contribution is 5.85. The van der Waals surface area contributed by atoms with Crippen LogP contribution in [0.25, 0.3) is 0 Å². The highest BCUT2D eigenvalue weighted by Gasteiger charge is 2.40. The number of likely N-dealkylation sites (tertiary alicyclic amines) is 1.